The van der Waals surface area contributed by atoms with Gasteiger partial charge in [-0.2, -0.15) is 5.48 Å². The molecule has 1 N–H and O–H groups in total. The van der Waals surface area contributed by atoms with Gasteiger partial charge < -0.3 is 62.4 Å². The Morgan fingerprint density at radius 2 is 0.769 bits per heavy atom. The summed E-state index contributed by atoms with van der Waals surface area (Å²) in [5.41, 5.74) is 3.39. The number of amides is 1. The fraction of sp³-hybridized carbons (Fsp3) is 0.435. The zero-order valence-corrected chi connectivity index (χ0v) is 46.0. The van der Waals surface area contributed by atoms with E-state index in [1.807, 2.05) is 31.2 Å². The van der Waals surface area contributed by atoms with Crippen molar-refractivity contribution in [2.24, 2.45) is 0 Å². The van der Waals surface area contributed by atoms with Gasteiger partial charge in [0.05, 0.1) is 0 Å². The third-order valence-electron chi connectivity index (χ3n) is 7.51. The summed E-state index contributed by atoms with van der Waals surface area (Å²) in [4.78, 5) is 16.7. The molecule has 6 saturated heterocycles. The standard InChI is InChI=1S/C23H39NO16Si10.2Y/c1-19-11-15-22(16-12-19)41-27-43(3)31-47(7)35-45(5)29-42(23-17-13-21(14-18-23)26-24-20(2)25)30-46(6)37-49(9,39-47)33-44(4,28-41)34-50(10,38-46)40-48(8,32-43)36-45;;/h11-18H,1-10H3,(H,24,25);;. The van der Waals surface area contributed by atoms with Crippen LogP contribution in [0, 0.1) is 6.92 Å². The van der Waals surface area contributed by atoms with Crippen molar-refractivity contribution in [3.05, 3.63) is 54.1 Å². The Bertz CT molecular complexity index is 1560. The zero-order valence-electron chi connectivity index (χ0n) is 30.3. The van der Waals surface area contributed by atoms with E-state index in [0.717, 1.165) is 10.8 Å². The first-order valence-corrected chi connectivity index (χ1v) is 36.2. The molecule has 0 spiro atoms. The Kier molecular flexibility index (Phi) is 13.4. The van der Waals surface area contributed by atoms with Crippen molar-refractivity contribution >= 4 is 105 Å². The number of nitrogens with one attached hydrogen (secondary N) is 1. The van der Waals surface area contributed by atoms with E-state index in [-0.39, 0.29) is 71.3 Å². The summed E-state index contributed by atoms with van der Waals surface area (Å²) in [6, 6.07) is 14.7. The van der Waals surface area contributed by atoms with E-state index in [4.69, 9.17) is 62.4 Å². The Hall–Kier alpha value is 1.53. The molecule has 2 aromatic carbocycles. The molecule has 4 atom stereocenters. The minimum absolute atomic E-state index is 0. The van der Waals surface area contributed by atoms with Crippen LogP contribution in [0.4, 0.5) is 0 Å². The molecule has 0 aromatic heterocycles. The molecule has 17 nitrogen and oxygen atoms in total. The molecule has 8 bridgehead atoms. The van der Waals surface area contributed by atoms with Gasteiger partial charge in [-0.05, 0) is 29.4 Å². The van der Waals surface area contributed by atoms with Crippen molar-refractivity contribution in [1.29, 1.82) is 0 Å². The molecule has 29 heteroatoms. The second kappa shape index (κ2) is 15.6. The van der Waals surface area contributed by atoms with E-state index in [1.165, 1.54) is 6.92 Å². The van der Waals surface area contributed by atoms with Crippen LogP contribution in [-0.4, -0.2) is 94.9 Å². The summed E-state index contributed by atoms with van der Waals surface area (Å²) in [6.45, 7) is 17.3. The average Bonchev–Trinajstić information content (AvgIpc) is 2.91. The van der Waals surface area contributed by atoms with E-state index < -0.39 is 89.0 Å². The molecule has 1 amide bonds. The molecule has 2 aromatic rings. The van der Waals surface area contributed by atoms with Crippen LogP contribution in [0.3, 0.4) is 0 Å². The molecule has 4 unspecified atom stereocenters. The van der Waals surface area contributed by atoms with Gasteiger partial charge in [0.2, 0.25) is 5.91 Å². The number of carbonyl (C=O) groups excluding carboxylic acids is 1. The number of benzene rings is 2. The third kappa shape index (κ3) is 10.0. The van der Waals surface area contributed by atoms with Crippen molar-refractivity contribution in [2.75, 3.05) is 0 Å². The zero-order chi connectivity index (χ0) is 36.0. The number of hydrogen-bond donors (Lipinski definition) is 1. The summed E-state index contributed by atoms with van der Waals surface area (Å²) in [6.07, 6.45) is 0. The van der Waals surface area contributed by atoms with Crippen molar-refractivity contribution in [1.82, 2.24) is 5.48 Å². The first kappa shape index (κ1) is 44.6. The van der Waals surface area contributed by atoms with Crippen LogP contribution in [-0.2, 0) is 128 Å². The van der Waals surface area contributed by atoms with Crippen molar-refractivity contribution < 1.29 is 133 Å². The van der Waals surface area contributed by atoms with Crippen LogP contribution in [0.25, 0.3) is 0 Å². The van der Waals surface area contributed by atoms with Crippen LogP contribution in [0.15, 0.2) is 48.5 Å². The molecule has 0 aliphatic carbocycles. The molecular formula is C23H39NO16Si10Y2. The fourth-order valence-electron chi connectivity index (χ4n) is 6.30. The topological polar surface area (TPSA) is 168 Å². The maximum Gasteiger partial charge on any atom is 0.475 e. The predicted octanol–water partition coefficient (Wildman–Crippen LogP) is 1.36. The van der Waals surface area contributed by atoms with Gasteiger partial charge in [-0.1, -0.05) is 42.0 Å². The van der Waals surface area contributed by atoms with Gasteiger partial charge in [0.25, 0.3) is 0 Å². The van der Waals surface area contributed by atoms with Crippen LogP contribution in [0.5, 0.6) is 5.75 Å². The quantitative estimate of drug-likeness (QED) is 0.344. The minimum atomic E-state index is -3.94. The SMILES string of the molecule is CC(=O)NOc1ccc([Si]2O[Si]3(C)O[Si]4(C)O[Si]5(C)O[Si](c6ccc(C)cc6)O[Si]6(C)O[Si](C)(O[Si](C)(O2)O[Si](C)(O6)O[Si](C)(O5)O3)O4)cc1.[Y].[Y]. The molecular weight excluding hydrogens is 1000 g/mol. The summed E-state index contributed by atoms with van der Waals surface area (Å²) >= 11 is 0. The molecule has 6 heterocycles. The Morgan fingerprint density at radius 1 is 0.500 bits per heavy atom. The molecule has 0 saturated carbocycles. The van der Waals surface area contributed by atoms with Crippen molar-refractivity contribution in [2.45, 2.75) is 66.2 Å². The smallest absolute Gasteiger partial charge is 0.390 e. The largest absolute Gasteiger partial charge is 0.475 e. The Balaban J connectivity index is 0.00000261. The maximum absolute atomic E-state index is 11.4. The molecule has 8 rings (SSSR count). The summed E-state index contributed by atoms with van der Waals surface area (Å²) < 4.78 is 96.3. The molecule has 52 heavy (non-hydrogen) atoms. The average molecular weight is 1040 g/mol. The first-order valence-electron chi connectivity index (χ1n) is 15.7. The Labute approximate surface area is 365 Å². The van der Waals surface area contributed by atoms with E-state index in [9.17, 15) is 4.79 Å². The second-order valence-electron chi connectivity index (χ2n) is 13.1. The van der Waals surface area contributed by atoms with Gasteiger partial charge in [0, 0.05) is 125 Å². The van der Waals surface area contributed by atoms with Gasteiger partial charge >= 0.3 is 89.0 Å². The normalized spacial score (nSPS) is 42.0. The maximum atomic E-state index is 11.4. The molecule has 278 valence electrons. The van der Waals surface area contributed by atoms with E-state index in [2.05, 4.69) is 5.48 Å². The number of carbonyl (C=O) groups is 1. The van der Waals surface area contributed by atoms with Gasteiger partial charge in [0.15, 0.2) is 5.75 Å². The molecule has 4 radical (unpaired) electrons. The van der Waals surface area contributed by atoms with Crippen molar-refractivity contribution in [3.8, 4) is 5.75 Å². The number of aryl methyl sites for hydroxylation is 1. The summed E-state index contributed by atoms with van der Waals surface area (Å²) in [7, 11) is -36.2. The number of hydrogen-bond acceptors (Lipinski definition) is 16. The van der Waals surface area contributed by atoms with Gasteiger partial charge in [-0.15, -0.1) is 0 Å². The van der Waals surface area contributed by atoms with Gasteiger partial charge in [0.1, 0.15) is 0 Å². The van der Waals surface area contributed by atoms with E-state index in [0.29, 0.717) is 10.9 Å². The predicted molar refractivity (Wildman–Crippen MR) is 191 cm³/mol. The number of rotatable bonds is 4. The van der Waals surface area contributed by atoms with E-state index >= 15 is 0 Å². The van der Waals surface area contributed by atoms with Crippen molar-refractivity contribution in [3.63, 3.8) is 0 Å². The third-order valence-corrected chi connectivity index (χ3v) is 47.7. The number of hydroxylamine groups is 1. The summed E-state index contributed by atoms with van der Waals surface area (Å²) in [5.74, 6) is 0.0546. The Morgan fingerprint density at radius 3 is 1.06 bits per heavy atom. The molecule has 6 fully saturated rings. The first-order chi connectivity index (χ1) is 23.1. The van der Waals surface area contributed by atoms with Crippen LogP contribution in [0.1, 0.15) is 12.5 Å². The van der Waals surface area contributed by atoms with Gasteiger partial charge in [-0.25, -0.2) is 0 Å². The molecule has 6 aliphatic rings. The molecule has 6 aliphatic heterocycles. The minimum Gasteiger partial charge on any atom is -0.390 e. The second-order valence-corrected chi connectivity index (χ2v) is 40.6. The fourth-order valence-corrected chi connectivity index (χ4v) is 55.5. The van der Waals surface area contributed by atoms with E-state index in [1.54, 1.807) is 76.6 Å². The van der Waals surface area contributed by atoms with Crippen LogP contribution in [0.2, 0.25) is 52.4 Å². The van der Waals surface area contributed by atoms with Crippen LogP contribution >= 0.6 is 0 Å². The van der Waals surface area contributed by atoms with Crippen LogP contribution < -0.4 is 20.7 Å². The van der Waals surface area contributed by atoms with Gasteiger partial charge in [-0.3, -0.25) is 4.79 Å². The monoisotopic (exact) mass is 1040 g/mol. The summed E-state index contributed by atoms with van der Waals surface area (Å²) in [5, 5.41) is 1.45. The number of fused-ring (bicyclic) bond motifs is 4.